The third-order valence-corrected chi connectivity index (χ3v) is 12.0. The Morgan fingerprint density at radius 3 is 1.81 bits per heavy atom. The number of benzene rings is 9. The van der Waals surface area contributed by atoms with Gasteiger partial charge in [-0.15, -0.1) is 0 Å². The lowest BCUT2D eigenvalue weighted by Gasteiger charge is -2.22. The van der Waals surface area contributed by atoms with E-state index in [4.69, 9.17) is 10.4 Å². The minimum Gasteiger partial charge on any atom is -0.300 e. The van der Waals surface area contributed by atoms with E-state index in [1.165, 1.54) is 60.7 Å². The van der Waals surface area contributed by atoms with Crippen molar-refractivity contribution in [2.24, 2.45) is 4.99 Å². The molecule has 1 aliphatic rings. The third kappa shape index (κ3) is 6.59. The van der Waals surface area contributed by atoms with Crippen LogP contribution >= 0.6 is 0 Å². The Labute approximate surface area is 346 Å². The summed E-state index contributed by atoms with van der Waals surface area (Å²) in [6.45, 7) is 4.71. The van der Waals surface area contributed by atoms with Gasteiger partial charge in [-0.25, -0.2) is 0 Å². The van der Waals surface area contributed by atoms with E-state index in [9.17, 15) is 0 Å². The van der Waals surface area contributed by atoms with Gasteiger partial charge in [0.15, 0.2) is 0 Å². The van der Waals surface area contributed by atoms with E-state index in [-0.39, 0.29) is 5.41 Å². The van der Waals surface area contributed by atoms with Crippen LogP contribution in [0.1, 0.15) is 41.7 Å². The highest BCUT2D eigenvalue weighted by Crippen LogP contribution is 2.51. The molecule has 59 heavy (non-hydrogen) atoms. The predicted octanol–water partition coefficient (Wildman–Crippen LogP) is 14.8. The molecule has 0 unspecified atom stereocenters. The first-order valence-electron chi connectivity index (χ1n) is 20.3. The molecule has 9 aromatic rings. The Morgan fingerprint density at radius 2 is 1.03 bits per heavy atom. The van der Waals surface area contributed by atoms with E-state index in [0.29, 0.717) is 5.71 Å². The van der Waals surface area contributed by atoms with Crippen LogP contribution in [0.4, 0.5) is 0 Å². The largest absolute Gasteiger partial charge is 0.300 e. The standard InChI is InChI=1S/C57H42N2/c1-57(2)53-35-44(29-32-50(53)52-33-42-19-9-10-20-43(42)34-54(52)57)38-25-27-40(28-26-38)48-31-30-45(47-22-11-13-23-49(47)48)37-59-56(36-55(58)41-17-7-4-8-18-41)51-24-14-12-21-46(51)39-15-5-3-6-16-39/h3-37,58H,1-2H3/b56-36-,58-55?,59-37?. The Balaban J connectivity index is 0.988. The number of nitrogens with zero attached hydrogens (tertiary/aromatic N) is 1. The van der Waals surface area contributed by atoms with Crippen LogP contribution in [0.15, 0.2) is 211 Å². The number of rotatable bonds is 8. The summed E-state index contributed by atoms with van der Waals surface area (Å²) in [6, 6.07) is 71.0. The van der Waals surface area contributed by atoms with Crippen LogP contribution in [0.25, 0.3) is 71.7 Å². The number of hydrogen-bond acceptors (Lipinski definition) is 2. The van der Waals surface area contributed by atoms with Crippen LogP contribution in [-0.2, 0) is 5.41 Å². The molecule has 0 aromatic heterocycles. The van der Waals surface area contributed by atoms with Gasteiger partial charge in [-0.2, -0.15) is 0 Å². The lowest BCUT2D eigenvalue weighted by molar-refractivity contribution is 0.661. The number of fused-ring (bicyclic) bond motifs is 5. The molecule has 10 rings (SSSR count). The number of hydrogen-bond donors (Lipinski definition) is 1. The Kier molecular flexibility index (Phi) is 9.03. The molecule has 0 heterocycles. The molecule has 0 saturated heterocycles. The molecule has 0 saturated carbocycles. The van der Waals surface area contributed by atoms with E-state index >= 15 is 0 Å². The SMILES string of the molecule is CC1(C)c2cc(-c3ccc(-c4ccc(C=N/C(=C\C(=N)c5ccccc5)c5ccccc5-c5ccccc5)c5ccccc45)cc3)ccc2-c2cc3ccccc3cc21. The van der Waals surface area contributed by atoms with E-state index in [0.717, 1.165) is 38.9 Å². The van der Waals surface area contributed by atoms with Crippen molar-refractivity contribution in [2.45, 2.75) is 19.3 Å². The van der Waals surface area contributed by atoms with Crippen LogP contribution < -0.4 is 0 Å². The summed E-state index contributed by atoms with van der Waals surface area (Å²) in [4.78, 5) is 5.17. The third-order valence-electron chi connectivity index (χ3n) is 12.0. The van der Waals surface area contributed by atoms with Crippen molar-refractivity contribution in [1.82, 2.24) is 0 Å². The van der Waals surface area contributed by atoms with Gasteiger partial charge in [0.05, 0.1) is 11.4 Å². The summed E-state index contributed by atoms with van der Waals surface area (Å²) in [5.74, 6) is 0. The maximum atomic E-state index is 9.04. The molecule has 9 aromatic carbocycles. The van der Waals surface area contributed by atoms with Crippen molar-refractivity contribution >= 4 is 39.2 Å². The van der Waals surface area contributed by atoms with E-state index in [2.05, 4.69) is 172 Å². The zero-order valence-electron chi connectivity index (χ0n) is 33.2. The Bertz CT molecular complexity index is 3110. The quantitative estimate of drug-likeness (QED) is 0.150. The monoisotopic (exact) mass is 754 g/mol. The summed E-state index contributed by atoms with van der Waals surface area (Å²) in [7, 11) is 0. The predicted molar refractivity (Wildman–Crippen MR) is 251 cm³/mol. The molecule has 2 heteroatoms. The highest BCUT2D eigenvalue weighted by molar-refractivity contribution is 6.12. The summed E-state index contributed by atoms with van der Waals surface area (Å²) < 4.78 is 0. The van der Waals surface area contributed by atoms with Gasteiger partial charge in [-0.3, -0.25) is 4.99 Å². The maximum absolute atomic E-state index is 9.04. The molecule has 0 radical (unpaired) electrons. The molecule has 0 bridgehead atoms. The van der Waals surface area contributed by atoms with Crippen molar-refractivity contribution in [1.29, 1.82) is 5.41 Å². The summed E-state index contributed by atoms with van der Waals surface area (Å²) in [6.07, 6.45) is 3.84. The molecule has 0 amide bonds. The van der Waals surface area contributed by atoms with Gasteiger partial charge in [0.1, 0.15) is 0 Å². The molecule has 1 N–H and O–H groups in total. The van der Waals surface area contributed by atoms with Crippen LogP contribution in [-0.4, -0.2) is 11.9 Å². The van der Waals surface area contributed by atoms with Crippen molar-refractivity contribution < 1.29 is 0 Å². The van der Waals surface area contributed by atoms with Crippen molar-refractivity contribution in [3.05, 3.63) is 234 Å². The van der Waals surface area contributed by atoms with Crippen molar-refractivity contribution in [2.75, 3.05) is 0 Å². The fourth-order valence-electron chi connectivity index (χ4n) is 8.87. The van der Waals surface area contributed by atoms with Gasteiger partial charge in [-0.1, -0.05) is 196 Å². The average molecular weight is 755 g/mol. The van der Waals surface area contributed by atoms with Crippen LogP contribution in [0.5, 0.6) is 0 Å². The van der Waals surface area contributed by atoms with E-state index < -0.39 is 0 Å². The highest BCUT2D eigenvalue weighted by Gasteiger charge is 2.36. The first kappa shape index (κ1) is 36.0. The maximum Gasteiger partial charge on any atom is 0.0729 e. The van der Waals surface area contributed by atoms with E-state index in [1.54, 1.807) is 0 Å². The molecule has 1 aliphatic carbocycles. The molecule has 0 spiro atoms. The lowest BCUT2D eigenvalue weighted by Crippen LogP contribution is -2.15. The Hall–Kier alpha value is -7.42. The second-order valence-electron chi connectivity index (χ2n) is 15.9. The normalized spacial score (nSPS) is 13.2. The highest BCUT2D eigenvalue weighted by atomic mass is 14.7. The molecule has 0 fully saturated rings. The molecule has 280 valence electrons. The van der Waals surface area contributed by atoms with Crippen molar-refractivity contribution in [3.8, 4) is 44.5 Å². The van der Waals surface area contributed by atoms with Gasteiger partial charge >= 0.3 is 0 Å². The lowest BCUT2D eigenvalue weighted by atomic mass is 9.81. The van der Waals surface area contributed by atoms with E-state index in [1.807, 2.05) is 54.8 Å². The number of aliphatic imine (C=N–C) groups is 1. The van der Waals surface area contributed by atoms with Gasteiger partial charge in [-0.05, 0) is 107 Å². The van der Waals surface area contributed by atoms with Crippen LogP contribution in [0, 0.1) is 5.41 Å². The second kappa shape index (κ2) is 14.8. The summed E-state index contributed by atoms with van der Waals surface area (Å²) >= 11 is 0. The van der Waals surface area contributed by atoms with Gasteiger partial charge in [0.25, 0.3) is 0 Å². The molecule has 0 aliphatic heterocycles. The second-order valence-corrected chi connectivity index (χ2v) is 15.9. The minimum absolute atomic E-state index is 0.0832. The molecular weight excluding hydrogens is 713 g/mol. The van der Waals surface area contributed by atoms with Gasteiger partial charge in [0.2, 0.25) is 0 Å². The topological polar surface area (TPSA) is 36.2 Å². The minimum atomic E-state index is -0.0832. The molecular formula is C57H42N2. The average Bonchev–Trinajstić information content (AvgIpc) is 3.51. The fraction of sp³-hybridized carbons (Fsp3) is 0.0526. The smallest absolute Gasteiger partial charge is 0.0729 e. The summed E-state index contributed by atoms with van der Waals surface area (Å²) in [5, 5.41) is 13.9. The van der Waals surface area contributed by atoms with Crippen LogP contribution in [0.3, 0.4) is 0 Å². The first-order valence-corrected chi connectivity index (χ1v) is 20.3. The zero-order valence-corrected chi connectivity index (χ0v) is 33.2. The van der Waals surface area contributed by atoms with Crippen molar-refractivity contribution in [3.63, 3.8) is 0 Å². The van der Waals surface area contributed by atoms with Gasteiger partial charge in [0, 0.05) is 22.8 Å². The van der Waals surface area contributed by atoms with Crippen LogP contribution in [0.2, 0.25) is 0 Å². The first-order chi connectivity index (χ1) is 28.9. The molecule has 0 atom stereocenters. The zero-order chi connectivity index (χ0) is 39.9. The van der Waals surface area contributed by atoms with Gasteiger partial charge < -0.3 is 5.41 Å². The summed E-state index contributed by atoms with van der Waals surface area (Å²) in [5.41, 5.74) is 16.3. The molecule has 2 nitrogen and oxygen atoms in total. The fourth-order valence-corrected chi connectivity index (χ4v) is 8.87. The Morgan fingerprint density at radius 1 is 0.458 bits per heavy atom. The number of nitrogens with one attached hydrogen (secondary N) is 1. The number of allylic oxidation sites excluding steroid dienone is 1.